The van der Waals surface area contributed by atoms with E-state index >= 15 is 0 Å². The van der Waals surface area contributed by atoms with E-state index in [4.69, 9.17) is 4.74 Å². The Kier molecular flexibility index (Phi) is 3.84. The molecular formula is C16H25NO. The predicted octanol–water partition coefficient (Wildman–Crippen LogP) is 4.46. The van der Waals surface area contributed by atoms with E-state index < -0.39 is 0 Å². The highest BCUT2D eigenvalue weighted by atomic mass is 16.5. The maximum atomic E-state index is 5.85. The number of nitrogens with one attached hydrogen (secondary N) is 1. The normalized spacial score (nSPS) is 20.0. The quantitative estimate of drug-likeness (QED) is 0.801. The Morgan fingerprint density at radius 1 is 1.33 bits per heavy atom. The molecule has 0 aromatic heterocycles. The standard InChI is InChI=1S/C16H25NO/c1-5-12(2)18-15-8-6-7-14(11-15)17-13(3)16(4)9-10-16/h6-8,11-13,17H,5,9-10H2,1-4H3. The summed E-state index contributed by atoms with van der Waals surface area (Å²) in [7, 11) is 0. The summed E-state index contributed by atoms with van der Waals surface area (Å²) in [6.45, 7) is 8.87. The van der Waals surface area contributed by atoms with Gasteiger partial charge in [-0.05, 0) is 50.7 Å². The summed E-state index contributed by atoms with van der Waals surface area (Å²) in [6, 6.07) is 8.83. The third-order valence-corrected chi connectivity index (χ3v) is 4.21. The van der Waals surface area contributed by atoms with Crippen LogP contribution in [0.2, 0.25) is 0 Å². The Balaban J connectivity index is 1.98. The van der Waals surface area contributed by atoms with Crippen molar-refractivity contribution in [2.45, 2.75) is 59.1 Å². The van der Waals surface area contributed by atoms with Gasteiger partial charge >= 0.3 is 0 Å². The van der Waals surface area contributed by atoms with Crippen LogP contribution in [0.3, 0.4) is 0 Å². The van der Waals surface area contributed by atoms with Crippen molar-refractivity contribution in [1.82, 2.24) is 0 Å². The summed E-state index contributed by atoms with van der Waals surface area (Å²) in [6.07, 6.45) is 3.99. The first-order valence-electron chi connectivity index (χ1n) is 7.07. The molecule has 2 unspecified atom stereocenters. The fraction of sp³-hybridized carbons (Fsp3) is 0.625. The van der Waals surface area contributed by atoms with Gasteiger partial charge in [-0.15, -0.1) is 0 Å². The second-order valence-electron chi connectivity index (χ2n) is 5.88. The summed E-state index contributed by atoms with van der Waals surface area (Å²) in [5, 5.41) is 3.60. The second-order valence-corrected chi connectivity index (χ2v) is 5.88. The lowest BCUT2D eigenvalue weighted by Crippen LogP contribution is -2.24. The fourth-order valence-electron chi connectivity index (χ4n) is 2.03. The molecule has 1 aromatic carbocycles. The van der Waals surface area contributed by atoms with Crippen LogP contribution in [-0.2, 0) is 0 Å². The Morgan fingerprint density at radius 2 is 2.06 bits per heavy atom. The van der Waals surface area contributed by atoms with Crippen LogP contribution in [0.4, 0.5) is 5.69 Å². The zero-order valence-corrected chi connectivity index (χ0v) is 12.0. The van der Waals surface area contributed by atoms with E-state index in [1.165, 1.54) is 12.8 Å². The number of benzene rings is 1. The van der Waals surface area contributed by atoms with E-state index in [0.29, 0.717) is 11.5 Å². The topological polar surface area (TPSA) is 21.3 Å². The molecule has 1 saturated carbocycles. The maximum absolute atomic E-state index is 5.85. The molecule has 1 N–H and O–H groups in total. The molecule has 1 fully saturated rings. The van der Waals surface area contributed by atoms with E-state index in [-0.39, 0.29) is 6.10 Å². The minimum absolute atomic E-state index is 0.277. The number of hydrogen-bond donors (Lipinski definition) is 1. The molecule has 0 amide bonds. The van der Waals surface area contributed by atoms with E-state index in [0.717, 1.165) is 17.9 Å². The van der Waals surface area contributed by atoms with Crippen LogP contribution >= 0.6 is 0 Å². The molecular weight excluding hydrogens is 222 g/mol. The molecule has 100 valence electrons. The van der Waals surface area contributed by atoms with E-state index in [1.807, 2.05) is 6.07 Å². The zero-order valence-electron chi connectivity index (χ0n) is 12.0. The highest BCUT2D eigenvalue weighted by Gasteiger charge is 2.42. The molecule has 0 bridgehead atoms. The van der Waals surface area contributed by atoms with Gasteiger partial charge in [-0.3, -0.25) is 0 Å². The van der Waals surface area contributed by atoms with Crippen molar-refractivity contribution in [3.63, 3.8) is 0 Å². The summed E-state index contributed by atoms with van der Waals surface area (Å²) >= 11 is 0. The lowest BCUT2D eigenvalue weighted by molar-refractivity contribution is 0.217. The van der Waals surface area contributed by atoms with Crippen LogP contribution < -0.4 is 10.1 Å². The number of anilines is 1. The van der Waals surface area contributed by atoms with Crippen LogP contribution in [-0.4, -0.2) is 12.1 Å². The Bertz CT molecular complexity index is 398. The average molecular weight is 247 g/mol. The van der Waals surface area contributed by atoms with Crippen LogP contribution in [0.15, 0.2) is 24.3 Å². The van der Waals surface area contributed by atoms with Gasteiger partial charge in [0.1, 0.15) is 5.75 Å². The van der Waals surface area contributed by atoms with Crippen LogP contribution in [0.1, 0.15) is 47.0 Å². The smallest absolute Gasteiger partial charge is 0.121 e. The Hall–Kier alpha value is -1.18. The van der Waals surface area contributed by atoms with Crippen molar-refractivity contribution in [2.75, 3.05) is 5.32 Å². The van der Waals surface area contributed by atoms with Gasteiger partial charge < -0.3 is 10.1 Å². The number of ether oxygens (including phenoxy) is 1. The first-order valence-corrected chi connectivity index (χ1v) is 7.07. The van der Waals surface area contributed by atoms with Crippen LogP contribution in [0, 0.1) is 5.41 Å². The highest BCUT2D eigenvalue weighted by molar-refractivity contribution is 5.49. The van der Waals surface area contributed by atoms with Gasteiger partial charge in [0, 0.05) is 17.8 Å². The molecule has 2 rings (SSSR count). The largest absolute Gasteiger partial charge is 0.491 e. The van der Waals surface area contributed by atoms with Crippen molar-refractivity contribution in [3.05, 3.63) is 24.3 Å². The van der Waals surface area contributed by atoms with E-state index in [2.05, 4.69) is 51.2 Å². The highest BCUT2D eigenvalue weighted by Crippen LogP contribution is 2.48. The lowest BCUT2D eigenvalue weighted by Gasteiger charge is -2.22. The monoisotopic (exact) mass is 247 g/mol. The van der Waals surface area contributed by atoms with Gasteiger partial charge in [0.25, 0.3) is 0 Å². The molecule has 0 spiro atoms. The first-order chi connectivity index (χ1) is 8.53. The molecule has 1 aliphatic carbocycles. The van der Waals surface area contributed by atoms with Gasteiger partial charge in [-0.2, -0.15) is 0 Å². The zero-order chi connectivity index (χ0) is 13.2. The molecule has 2 nitrogen and oxygen atoms in total. The molecule has 0 heterocycles. The molecule has 0 saturated heterocycles. The van der Waals surface area contributed by atoms with E-state index in [1.54, 1.807) is 0 Å². The summed E-state index contributed by atoms with van der Waals surface area (Å²) in [5.41, 5.74) is 1.66. The van der Waals surface area contributed by atoms with Gasteiger partial charge in [-0.1, -0.05) is 19.9 Å². The van der Waals surface area contributed by atoms with Gasteiger partial charge in [0.2, 0.25) is 0 Å². The number of rotatable bonds is 6. The van der Waals surface area contributed by atoms with Crippen molar-refractivity contribution >= 4 is 5.69 Å². The third-order valence-electron chi connectivity index (χ3n) is 4.21. The van der Waals surface area contributed by atoms with Crippen molar-refractivity contribution in [3.8, 4) is 5.75 Å². The van der Waals surface area contributed by atoms with Crippen molar-refractivity contribution in [2.24, 2.45) is 5.41 Å². The molecule has 1 aromatic rings. The average Bonchev–Trinajstić information content (AvgIpc) is 3.09. The van der Waals surface area contributed by atoms with Crippen LogP contribution in [0.25, 0.3) is 0 Å². The van der Waals surface area contributed by atoms with Crippen molar-refractivity contribution in [1.29, 1.82) is 0 Å². The minimum Gasteiger partial charge on any atom is -0.491 e. The van der Waals surface area contributed by atoms with Gasteiger partial charge in [0.15, 0.2) is 0 Å². The summed E-state index contributed by atoms with van der Waals surface area (Å²) in [4.78, 5) is 0. The first kappa shape index (κ1) is 13.3. The molecule has 0 radical (unpaired) electrons. The van der Waals surface area contributed by atoms with Gasteiger partial charge in [-0.25, -0.2) is 0 Å². The molecule has 1 aliphatic rings. The molecule has 2 atom stereocenters. The Labute approximate surface area is 111 Å². The fourth-order valence-corrected chi connectivity index (χ4v) is 2.03. The maximum Gasteiger partial charge on any atom is 0.121 e. The molecule has 2 heteroatoms. The molecule has 18 heavy (non-hydrogen) atoms. The van der Waals surface area contributed by atoms with E-state index in [9.17, 15) is 0 Å². The van der Waals surface area contributed by atoms with Crippen molar-refractivity contribution < 1.29 is 4.74 Å². The third kappa shape index (κ3) is 3.18. The summed E-state index contributed by atoms with van der Waals surface area (Å²) < 4.78 is 5.85. The SMILES string of the molecule is CCC(C)Oc1cccc(NC(C)C2(C)CC2)c1. The lowest BCUT2D eigenvalue weighted by atomic mass is 10.0. The second kappa shape index (κ2) is 5.21. The minimum atomic E-state index is 0.277. The van der Waals surface area contributed by atoms with Gasteiger partial charge in [0.05, 0.1) is 6.10 Å². The molecule has 0 aliphatic heterocycles. The van der Waals surface area contributed by atoms with Crippen LogP contribution in [0.5, 0.6) is 5.75 Å². The predicted molar refractivity (Wildman–Crippen MR) is 77.2 cm³/mol. The summed E-state index contributed by atoms with van der Waals surface area (Å²) in [5.74, 6) is 0.961. The number of hydrogen-bond acceptors (Lipinski definition) is 2. The Morgan fingerprint density at radius 3 is 2.67 bits per heavy atom.